The lowest BCUT2D eigenvalue weighted by molar-refractivity contribution is -0.455. The highest BCUT2D eigenvalue weighted by molar-refractivity contribution is 5.66. The van der Waals surface area contributed by atoms with Crippen molar-refractivity contribution in [1.29, 1.82) is 0 Å². The average Bonchev–Trinajstić information content (AvgIpc) is 2.43. The first-order valence-corrected chi connectivity index (χ1v) is 6.34. The fourth-order valence-corrected chi connectivity index (χ4v) is 1.56. The number of esters is 1. The minimum atomic E-state index is -8.36. The Hall–Kier alpha value is -1.58. The summed E-state index contributed by atoms with van der Waals surface area (Å²) in [6, 6.07) is 0. The second kappa shape index (κ2) is 6.74. The average molecular weight is 456 g/mol. The lowest BCUT2D eigenvalue weighted by Crippen LogP contribution is -2.73. The molecule has 0 aromatic carbocycles. The van der Waals surface area contributed by atoms with Gasteiger partial charge in [0.1, 0.15) is 0 Å². The summed E-state index contributed by atoms with van der Waals surface area (Å²) in [4.78, 5) is 10.4. The molecule has 0 heterocycles. The van der Waals surface area contributed by atoms with Gasteiger partial charge in [0.15, 0.2) is 6.10 Å². The van der Waals surface area contributed by atoms with Crippen molar-refractivity contribution in [1.82, 2.24) is 0 Å². The molecule has 0 aliphatic heterocycles. The van der Waals surface area contributed by atoms with E-state index in [-0.39, 0.29) is 13.8 Å². The van der Waals surface area contributed by atoms with Crippen LogP contribution in [0.4, 0.5) is 65.9 Å². The van der Waals surface area contributed by atoms with Crippen molar-refractivity contribution < 1.29 is 75.4 Å². The van der Waals surface area contributed by atoms with Gasteiger partial charge in [0.2, 0.25) is 0 Å². The Labute approximate surface area is 144 Å². The number of alkyl halides is 15. The standard InChI is InChI=1S/C11H7F15O2/c1-3(28-4(2)27)5(12,13)6(14,15)7(16,17)8(18,19)9(20,21)10(22,23)11(24,25)26/h3H,1-2H3. The topological polar surface area (TPSA) is 26.3 Å². The third-order valence-corrected chi connectivity index (χ3v) is 3.21. The van der Waals surface area contributed by atoms with E-state index in [0.29, 0.717) is 0 Å². The van der Waals surface area contributed by atoms with Crippen LogP contribution >= 0.6 is 0 Å². The van der Waals surface area contributed by atoms with Crippen LogP contribution < -0.4 is 0 Å². The van der Waals surface area contributed by atoms with Gasteiger partial charge in [-0.2, -0.15) is 65.9 Å². The molecule has 2 nitrogen and oxygen atoms in total. The lowest BCUT2D eigenvalue weighted by Gasteiger charge is -2.42. The second-order valence-electron chi connectivity index (χ2n) is 5.24. The van der Waals surface area contributed by atoms with Crippen molar-refractivity contribution in [3.8, 4) is 0 Å². The SMILES string of the molecule is CC(=O)OC(C)C(F)(F)C(F)(F)C(F)(F)C(F)(F)C(F)(F)C(F)(F)C(F)(F)F. The van der Waals surface area contributed by atoms with E-state index < -0.39 is 53.8 Å². The second-order valence-corrected chi connectivity index (χ2v) is 5.24. The summed E-state index contributed by atoms with van der Waals surface area (Å²) in [6.07, 6.45) is -11.4. The van der Waals surface area contributed by atoms with Crippen LogP contribution in [0.25, 0.3) is 0 Å². The molecule has 0 aromatic heterocycles. The monoisotopic (exact) mass is 456 g/mol. The van der Waals surface area contributed by atoms with E-state index in [4.69, 9.17) is 0 Å². The number of carbonyl (C=O) groups is 1. The van der Waals surface area contributed by atoms with Gasteiger partial charge in [0.25, 0.3) is 0 Å². The maximum atomic E-state index is 13.4. The van der Waals surface area contributed by atoms with Crippen LogP contribution in [0.3, 0.4) is 0 Å². The van der Waals surface area contributed by atoms with Crippen molar-refractivity contribution in [2.45, 2.75) is 61.7 Å². The van der Waals surface area contributed by atoms with Crippen LogP contribution in [0.1, 0.15) is 13.8 Å². The van der Waals surface area contributed by atoms with Crippen molar-refractivity contribution in [2.24, 2.45) is 0 Å². The third kappa shape index (κ3) is 3.44. The summed E-state index contributed by atoms with van der Waals surface area (Å²) in [5.41, 5.74) is 0. The molecule has 0 amide bonds. The highest BCUT2D eigenvalue weighted by atomic mass is 19.4. The third-order valence-electron chi connectivity index (χ3n) is 3.21. The number of hydrogen-bond donors (Lipinski definition) is 0. The first kappa shape index (κ1) is 26.4. The zero-order valence-electron chi connectivity index (χ0n) is 13.1. The van der Waals surface area contributed by atoms with Crippen LogP contribution in [0.15, 0.2) is 0 Å². The summed E-state index contributed by atoms with van der Waals surface area (Å²) < 4.78 is 196. The van der Waals surface area contributed by atoms with Crippen LogP contribution in [-0.4, -0.2) is 53.8 Å². The zero-order valence-corrected chi connectivity index (χ0v) is 13.1. The first-order valence-electron chi connectivity index (χ1n) is 6.34. The van der Waals surface area contributed by atoms with Gasteiger partial charge in [-0.25, -0.2) is 0 Å². The van der Waals surface area contributed by atoms with E-state index >= 15 is 0 Å². The van der Waals surface area contributed by atoms with E-state index in [1.807, 2.05) is 0 Å². The minimum Gasteiger partial charge on any atom is -0.456 e. The van der Waals surface area contributed by atoms with E-state index in [1.54, 1.807) is 0 Å². The molecule has 1 atom stereocenters. The minimum absolute atomic E-state index is 0.246. The molecule has 1 unspecified atom stereocenters. The zero-order chi connectivity index (χ0) is 23.4. The molecule has 0 saturated carbocycles. The van der Waals surface area contributed by atoms with Gasteiger partial charge in [-0.05, 0) is 6.92 Å². The van der Waals surface area contributed by atoms with E-state index in [0.717, 1.165) is 0 Å². The van der Waals surface area contributed by atoms with E-state index in [9.17, 15) is 70.7 Å². The Morgan fingerprint density at radius 3 is 1.18 bits per heavy atom. The molecule has 17 heteroatoms. The Morgan fingerprint density at radius 1 is 0.607 bits per heavy atom. The smallest absolute Gasteiger partial charge is 0.456 e. The highest BCUT2D eigenvalue weighted by Gasteiger charge is 2.93. The van der Waals surface area contributed by atoms with Gasteiger partial charge < -0.3 is 4.74 Å². The molecule has 0 aliphatic carbocycles. The fraction of sp³-hybridized carbons (Fsp3) is 0.909. The van der Waals surface area contributed by atoms with Crippen LogP contribution in [0.5, 0.6) is 0 Å². The Kier molecular flexibility index (Phi) is 6.36. The summed E-state index contributed by atoms with van der Waals surface area (Å²) in [7, 11) is 0. The summed E-state index contributed by atoms with van der Waals surface area (Å²) in [6.45, 7) is -0.0402. The van der Waals surface area contributed by atoms with Gasteiger partial charge in [-0.1, -0.05) is 0 Å². The molecule has 0 spiro atoms. The van der Waals surface area contributed by atoms with Gasteiger partial charge in [-0.15, -0.1) is 0 Å². The predicted molar refractivity (Wildman–Crippen MR) is 57.0 cm³/mol. The number of halogens is 15. The molecular formula is C11H7F15O2. The number of carbonyl (C=O) groups excluding carboxylic acids is 1. The first-order chi connectivity index (χ1) is 11.8. The van der Waals surface area contributed by atoms with E-state index in [1.165, 1.54) is 0 Å². The highest BCUT2D eigenvalue weighted by Crippen LogP contribution is 2.62. The molecule has 0 aliphatic rings. The van der Waals surface area contributed by atoms with E-state index in [2.05, 4.69) is 4.74 Å². The summed E-state index contributed by atoms with van der Waals surface area (Å²) >= 11 is 0. The van der Waals surface area contributed by atoms with Gasteiger partial charge >= 0.3 is 47.7 Å². The quantitative estimate of drug-likeness (QED) is 0.384. The molecule has 0 rings (SSSR count). The molecule has 0 bridgehead atoms. The van der Waals surface area contributed by atoms with Gasteiger partial charge in [0.05, 0.1) is 0 Å². The Bertz CT molecular complexity index is 591. The Balaban J connectivity index is 6.51. The number of hydrogen-bond acceptors (Lipinski definition) is 2. The van der Waals surface area contributed by atoms with Gasteiger partial charge in [0, 0.05) is 6.92 Å². The molecule has 0 aromatic rings. The maximum Gasteiger partial charge on any atom is 0.460 e. The molecule has 168 valence electrons. The number of ether oxygens (including phenoxy) is 1. The predicted octanol–water partition coefficient (Wildman–Crippen LogP) is 5.31. The van der Waals surface area contributed by atoms with Crippen molar-refractivity contribution in [3.05, 3.63) is 0 Å². The maximum absolute atomic E-state index is 13.4. The van der Waals surface area contributed by atoms with Gasteiger partial charge in [-0.3, -0.25) is 4.79 Å². The molecule has 0 fully saturated rings. The Morgan fingerprint density at radius 2 is 0.893 bits per heavy atom. The molecular weight excluding hydrogens is 449 g/mol. The fourth-order valence-electron chi connectivity index (χ4n) is 1.56. The molecule has 28 heavy (non-hydrogen) atoms. The van der Waals surface area contributed by atoms with Crippen molar-refractivity contribution >= 4 is 5.97 Å². The largest absolute Gasteiger partial charge is 0.460 e. The van der Waals surface area contributed by atoms with Crippen LogP contribution in [0, 0.1) is 0 Å². The summed E-state index contributed by atoms with van der Waals surface area (Å²) in [5, 5.41) is 0. The van der Waals surface area contributed by atoms with Crippen LogP contribution in [0.2, 0.25) is 0 Å². The summed E-state index contributed by atoms with van der Waals surface area (Å²) in [5.74, 6) is -49.0. The normalized spacial score (nSPS) is 16.8. The van der Waals surface area contributed by atoms with Crippen LogP contribution in [-0.2, 0) is 9.53 Å². The number of rotatable bonds is 7. The lowest BCUT2D eigenvalue weighted by atomic mass is 9.89. The molecule has 0 radical (unpaired) electrons. The molecule has 0 saturated heterocycles. The van der Waals surface area contributed by atoms with Crippen molar-refractivity contribution in [3.63, 3.8) is 0 Å². The van der Waals surface area contributed by atoms with Crippen molar-refractivity contribution in [2.75, 3.05) is 0 Å². The molecule has 0 N–H and O–H groups in total.